The minimum Gasteiger partial charge on any atom is -0.294 e. The lowest BCUT2D eigenvalue weighted by Crippen LogP contribution is -2.75. The van der Waals surface area contributed by atoms with Crippen LogP contribution in [0.1, 0.15) is 65.2 Å². The first kappa shape index (κ1) is 61.1. The Balaban J connectivity index is 0.000000443. The number of carbonyl (C=O) groups is 2. The molecule has 0 aliphatic heterocycles. The highest BCUT2D eigenvalue weighted by Gasteiger charge is 2.47. The van der Waals surface area contributed by atoms with Crippen molar-refractivity contribution in [3.05, 3.63) is 194 Å². The lowest BCUT2D eigenvalue weighted by atomic mass is 9.12. The Bertz CT molecular complexity index is 2780. The molecule has 1 aromatic heterocycles. The molecule has 0 saturated heterocycles. The number of hydrogen-bond acceptors (Lipinski definition) is 3. The average molecular weight is 1140 g/mol. The molecule has 0 spiro atoms. The van der Waals surface area contributed by atoms with E-state index >= 15 is 0 Å². The Morgan fingerprint density at radius 3 is 0.859 bits per heavy atom. The lowest BCUT2D eigenvalue weighted by Gasteiger charge is -2.46. The van der Waals surface area contributed by atoms with E-state index in [4.69, 9.17) is 5.53 Å². The van der Waals surface area contributed by atoms with Gasteiger partial charge in [0.05, 0.1) is 51.1 Å². The summed E-state index contributed by atoms with van der Waals surface area (Å²) in [6.45, 7) is -0.00170. The van der Waals surface area contributed by atoms with E-state index in [2.05, 4.69) is 10.0 Å². The van der Waals surface area contributed by atoms with Crippen LogP contribution < -0.4 is 26.4 Å². The van der Waals surface area contributed by atoms with Gasteiger partial charge in [-0.05, 0) is 29.8 Å². The standard InChI is InChI=1S/C32H12BF24.C15H13N4O2/c34-25(35,36)13-1-14(26(37,38)39)6-21(5-13)33(22-7-15(27(40,41)42)2-16(8-22)28(43,44)45,23-9-17(29(46,47)48)3-18(10-23)30(49,50)51)24-11-19(31(52,53)54)4-20(12-24)32(55,56)57;16-18-17-10-14(20)13-6-8-19(9-7-13)11-15(21)12-4-2-1-3-5-12/h1-12H;1-9H,10-11H2/q-1;+1. The number of azide groups is 1. The molecule has 0 atom stereocenters. The summed E-state index contributed by atoms with van der Waals surface area (Å²) >= 11 is 0. The smallest absolute Gasteiger partial charge is 0.294 e. The highest BCUT2D eigenvalue weighted by atomic mass is 19.4. The summed E-state index contributed by atoms with van der Waals surface area (Å²) in [5.41, 5.74) is -20.9. The predicted molar refractivity (Wildman–Crippen MR) is 226 cm³/mol. The van der Waals surface area contributed by atoms with E-state index in [9.17, 15) is 115 Å². The summed E-state index contributed by atoms with van der Waals surface area (Å²) < 4.78 is 343. The fourth-order valence-electron chi connectivity index (χ4n) is 7.89. The van der Waals surface area contributed by atoms with E-state index in [1.165, 1.54) is 0 Å². The van der Waals surface area contributed by atoms with Crippen LogP contribution in [0.2, 0.25) is 0 Å². The van der Waals surface area contributed by atoms with Crippen LogP contribution in [-0.4, -0.2) is 24.3 Å². The predicted octanol–water partition coefficient (Wildman–Crippen LogP) is 13.6. The molecular weight excluding hydrogens is 1120 g/mol. The molecule has 416 valence electrons. The monoisotopic (exact) mass is 1140 g/mol. The lowest BCUT2D eigenvalue weighted by molar-refractivity contribution is -0.683. The Morgan fingerprint density at radius 1 is 0.385 bits per heavy atom. The Hall–Kier alpha value is -7.72. The average Bonchev–Trinajstić information content (AvgIpc) is 3.37. The van der Waals surface area contributed by atoms with Crippen LogP contribution >= 0.6 is 0 Å². The zero-order valence-electron chi connectivity index (χ0n) is 37.8. The van der Waals surface area contributed by atoms with Crippen LogP contribution in [0.4, 0.5) is 105 Å². The quantitative estimate of drug-likeness (QED) is 0.0260. The van der Waals surface area contributed by atoms with Crippen molar-refractivity contribution in [3.8, 4) is 0 Å². The van der Waals surface area contributed by atoms with Crippen LogP contribution in [0, 0.1) is 0 Å². The van der Waals surface area contributed by atoms with Crippen LogP contribution in [-0.2, 0) is 56.0 Å². The van der Waals surface area contributed by atoms with Crippen molar-refractivity contribution in [2.45, 2.75) is 56.0 Å². The van der Waals surface area contributed by atoms with Crippen molar-refractivity contribution in [1.82, 2.24) is 0 Å². The van der Waals surface area contributed by atoms with Gasteiger partial charge in [-0.25, -0.2) is 0 Å². The van der Waals surface area contributed by atoms with Crippen molar-refractivity contribution in [1.29, 1.82) is 0 Å². The van der Waals surface area contributed by atoms with Gasteiger partial charge in [-0.1, -0.05) is 84.0 Å². The second-order valence-electron chi connectivity index (χ2n) is 16.6. The SMILES string of the molecule is FC(F)(F)c1cc([B-](c2cc(C(F)(F)F)cc(C(F)(F)F)c2)(c2cc(C(F)(F)F)cc(C(F)(F)F)c2)c2cc(C(F)(F)F)cc(C(F)(F)F)c2)cc(C(F)(F)F)c1.[N-]=[N+]=NCC(=O)c1cc[n+](CC(=O)c2ccccc2)cc1. The van der Waals surface area contributed by atoms with Gasteiger partial charge >= 0.3 is 49.4 Å². The number of rotatable bonds is 10. The maximum atomic E-state index is 14.2. The van der Waals surface area contributed by atoms with Gasteiger partial charge in [0.1, 0.15) is 6.15 Å². The Kier molecular flexibility index (Phi) is 16.9. The maximum absolute atomic E-state index is 14.2. The molecule has 0 bridgehead atoms. The summed E-state index contributed by atoms with van der Waals surface area (Å²) in [7, 11) is 0. The molecule has 6 aromatic rings. The van der Waals surface area contributed by atoms with Gasteiger partial charge in [-0.3, -0.25) is 9.59 Å². The number of halogens is 24. The third-order valence-electron chi connectivity index (χ3n) is 11.4. The van der Waals surface area contributed by atoms with Gasteiger partial charge in [0, 0.05) is 28.2 Å². The van der Waals surface area contributed by atoms with Gasteiger partial charge in [0.2, 0.25) is 12.3 Å². The first-order chi connectivity index (χ1) is 35.5. The molecule has 0 fully saturated rings. The van der Waals surface area contributed by atoms with Crippen molar-refractivity contribution in [2.24, 2.45) is 5.11 Å². The third kappa shape index (κ3) is 14.4. The first-order valence-electron chi connectivity index (χ1n) is 20.9. The number of hydrogen-bond donors (Lipinski definition) is 0. The topological polar surface area (TPSA) is 86.8 Å². The van der Waals surface area contributed by atoms with Gasteiger partial charge in [0.25, 0.3) is 0 Å². The van der Waals surface area contributed by atoms with Crippen molar-refractivity contribution in [2.75, 3.05) is 6.54 Å². The highest BCUT2D eigenvalue weighted by molar-refractivity contribution is 7.20. The minimum absolute atomic E-state index is 0.00578. The van der Waals surface area contributed by atoms with Crippen LogP contribution in [0.5, 0.6) is 0 Å². The number of benzene rings is 5. The second kappa shape index (κ2) is 21.6. The molecule has 0 radical (unpaired) electrons. The van der Waals surface area contributed by atoms with Crippen LogP contribution in [0.3, 0.4) is 0 Å². The Morgan fingerprint density at radius 2 is 0.628 bits per heavy atom. The second-order valence-corrected chi connectivity index (χ2v) is 16.6. The summed E-state index contributed by atoms with van der Waals surface area (Å²) in [4.78, 5) is 26.2. The molecule has 0 aliphatic carbocycles. The fourth-order valence-corrected chi connectivity index (χ4v) is 7.89. The molecule has 78 heavy (non-hydrogen) atoms. The van der Waals surface area contributed by atoms with E-state index in [0.29, 0.717) is 11.1 Å². The molecule has 31 heteroatoms. The largest absolute Gasteiger partial charge is 0.416 e. The van der Waals surface area contributed by atoms with E-state index in [1.807, 2.05) is 18.2 Å². The number of carbonyl (C=O) groups excluding carboxylic acids is 2. The molecule has 0 saturated carbocycles. The third-order valence-corrected chi connectivity index (χ3v) is 11.4. The first-order valence-corrected chi connectivity index (χ1v) is 20.9. The number of aromatic nitrogens is 1. The summed E-state index contributed by atoms with van der Waals surface area (Å²) in [6, 6.07) is 3.41. The summed E-state index contributed by atoms with van der Waals surface area (Å²) in [5, 5.41) is 3.23. The fraction of sp³-hybridized carbons (Fsp3) is 0.213. The van der Waals surface area contributed by atoms with Crippen molar-refractivity contribution >= 4 is 39.6 Å². The number of Topliss-reactive ketones (excluding diaryl/α,β-unsaturated/α-hetero) is 2. The molecule has 5 aromatic carbocycles. The van der Waals surface area contributed by atoms with Crippen LogP contribution in [0.15, 0.2) is 133 Å². The molecular formula is C47H25BF24N4O2. The molecule has 0 N–H and O–H groups in total. The zero-order valence-corrected chi connectivity index (χ0v) is 37.8. The number of ketones is 2. The molecule has 6 rings (SSSR count). The highest BCUT2D eigenvalue weighted by Crippen LogP contribution is 2.41. The molecule has 6 nitrogen and oxygen atoms in total. The van der Waals surface area contributed by atoms with Gasteiger partial charge in [-0.2, -0.15) is 132 Å². The molecule has 0 unspecified atom stereocenters. The molecule has 0 amide bonds. The molecule has 1 heterocycles. The Labute approximate surface area is 420 Å². The van der Waals surface area contributed by atoms with Gasteiger partial charge in [0.15, 0.2) is 18.2 Å². The van der Waals surface area contributed by atoms with E-state index in [-0.39, 0.29) is 24.7 Å². The van der Waals surface area contributed by atoms with E-state index < -0.39 is 195 Å². The maximum Gasteiger partial charge on any atom is 0.416 e. The summed E-state index contributed by atoms with van der Waals surface area (Å²) in [5.74, 6) is -0.261. The normalized spacial score (nSPS) is 13.1. The van der Waals surface area contributed by atoms with E-state index in [0.717, 1.165) is 0 Å². The number of nitrogens with zero attached hydrogens (tertiary/aromatic N) is 4. The van der Waals surface area contributed by atoms with Gasteiger partial charge < -0.3 is 0 Å². The number of alkyl halides is 24. The van der Waals surface area contributed by atoms with Crippen molar-refractivity contribution in [3.63, 3.8) is 0 Å². The number of pyridine rings is 1. The van der Waals surface area contributed by atoms with E-state index in [1.54, 1.807) is 41.2 Å². The molecule has 0 aliphatic rings. The minimum atomic E-state index is -6.13. The van der Waals surface area contributed by atoms with Crippen LogP contribution in [0.25, 0.3) is 10.4 Å². The van der Waals surface area contributed by atoms with Gasteiger partial charge in [-0.15, -0.1) is 0 Å². The zero-order chi connectivity index (χ0) is 59.0. The summed E-state index contributed by atoms with van der Waals surface area (Å²) in [6.07, 6.45) is -51.5. The van der Waals surface area contributed by atoms with Crippen molar-refractivity contribution < 1.29 is 120 Å².